The number of nitrogens with zero attached hydrogens (tertiary/aromatic N) is 3. The van der Waals surface area contributed by atoms with Gasteiger partial charge in [0.05, 0.1) is 11.0 Å². The van der Waals surface area contributed by atoms with Crippen LogP contribution in [0.1, 0.15) is 5.69 Å². The molecule has 0 atom stereocenters. The zero-order valence-corrected chi connectivity index (χ0v) is 10.4. The summed E-state index contributed by atoms with van der Waals surface area (Å²) in [6.45, 7) is 0. The van der Waals surface area contributed by atoms with E-state index in [1.54, 1.807) is 0 Å². The topological polar surface area (TPSA) is 124 Å². The van der Waals surface area contributed by atoms with Crippen LogP contribution in [0.15, 0.2) is 41.7 Å². The lowest BCUT2D eigenvalue weighted by Gasteiger charge is -2.09. The maximum absolute atomic E-state index is 13.1. The fraction of sp³-hybridized carbons (Fsp3) is 0. The molecule has 108 valence electrons. The highest BCUT2D eigenvalue weighted by atomic mass is 19.1. The Labute approximate surface area is 117 Å². The second-order valence-electron chi connectivity index (χ2n) is 3.81. The summed E-state index contributed by atoms with van der Waals surface area (Å²) in [7, 11) is 0. The van der Waals surface area contributed by atoms with Gasteiger partial charge in [0.2, 0.25) is 5.75 Å². The van der Waals surface area contributed by atoms with Gasteiger partial charge in [-0.15, -0.1) is 0 Å². The van der Waals surface area contributed by atoms with Gasteiger partial charge in [0, 0.05) is 6.20 Å². The van der Waals surface area contributed by atoms with Crippen LogP contribution in [0.2, 0.25) is 0 Å². The van der Waals surface area contributed by atoms with Crippen LogP contribution in [0.25, 0.3) is 0 Å². The van der Waals surface area contributed by atoms with Gasteiger partial charge in [-0.05, 0) is 24.3 Å². The van der Waals surface area contributed by atoms with Gasteiger partial charge in [0.1, 0.15) is 5.82 Å². The molecule has 0 saturated heterocycles. The van der Waals surface area contributed by atoms with Crippen molar-refractivity contribution in [3.8, 4) is 11.5 Å². The van der Waals surface area contributed by atoms with E-state index >= 15 is 0 Å². The Morgan fingerprint density at radius 3 is 2.86 bits per heavy atom. The van der Waals surface area contributed by atoms with Crippen molar-refractivity contribution >= 4 is 11.5 Å². The van der Waals surface area contributed by atoms with Crippen molar-refractivity contribution in [3.05, 3.63) is 58.2 Å². The Hall–Kier alpha value is -3.23. The molecule has 0 bridgehead atoms. The second kappa shape index (κ2) is 5.82. The molecule has 2 rings (SSSR count). The summed E-state index contributed by atoms with van der Waals surface area (Å²) in [5, 5.41) is 22.4. The predicted molar refractivity (Wildman–Crippen MR) is 69.9 cm³/mol. The zero-order chi connectivity index (χ0) is 15.4. The third-order valence-corrected chi connectivity index (χ3v) is 2.46. The lowest BCUT2D eigenvalue weighted by Crippen LogP contribution is -2.16. The Morgan fingerprint density at radius 2 is 2.19 bits per heavy atom. The van der Waals surface area contributed by atoms with Crippen molar-refractivity contribution < 1.29 is 19.3 Å². The van der Waals surface area contributed by atoms with Crippen molar-refractivity contribution in [2.45, 2.75) is 0 Å². The number of nitrogens with two attached hydrogens (primary N) is 1. The smallest absolute Gasteiger partial charge is 0.314 e. The molecular formula is C12H9FN4O4. The fourth-order valence-corrected chi connectivity index (χ4v) is 1.55. The number of benzene rings is 1. The molecule has 1 heterocycles. The number of nitro benzene ring substituents is 1. The molecule has 3 N–H and O–H groups in total. The van der Waals surface area contributed by atoms with Crippen LogP contribution < -0.4 is 10.5 Å². The monoisotopic (exact) mass is 292 g/mol. The van der Waals surface area contributed by atoms with Crippen LogP contribution in [-0.4, -0.2) is 21.0 Å². The Kier molecular flexibility index (Phi) is 3.93. The summed E-state index contributed by atoms with van der Waals surface area (Å²) < 4.78 is 18.4. The summed E-state index contributed by atoms with van der Waals surface area (Å²) in [6.07, 6.45) is 1.37. The van der Waals surface area contributed by atoms with Crippen LogP contribution in [0.4, 0.5) is 10.1 Å². The highest BCUT2D eigenvalue weighted by molar-refractivity contribution is 5.97. The quantitative estimate of drug-likeness (QED) is 0.292. The minimum Gasteiger partial charge on any atom is -0.448 e. The molecule has 0 spiro atoms. The third-order valence-electron chi connectivity index (χ3n) is 2.46. The highest BCUT2D eigenvalue weighted by Gasteiger charge is 2.19. The molecule has 2 aromatic rings. The van der Waals surface area contributed by atoms with Gasteiger partial charge >= 0.3 is 5.69 Å². The van der Waals surface area contributed by atoms with Crippen LogP contribution in [0.5, 0.6) is 11.5 Å². The lowest BCUT2D eigenvalue weighted by atomic mass is 10.2. The van der Waals surface area contributed by atoms with E-state index in [0.29, 0.717) is 0 Å². The first-order valence-corrected chi connectivity index (χ1v) is 5.57. The van der Waals surface area contributed by atoms with Crippen molar-refractivity contribution in [3.63, 3.8) is 0 Å². The number of pyridine rings is 1. The number of halogens is 1. The zero-order valence-electron chi connectivity index (χ0n) is 10.4. The van der Waals surface area contributed by atoms with E-state index in [1.165, 1.54) is 18.3 Å². The number of amidine groups is 1. The second-order valence-corrected chi connectivity index (χ2v) is 3.81. The molecule has 1 aromatic heterocycles. The highest BCUT2D eigenvalue weighted by Crippen LogP contribution is 2.32. The molecule has 0 unspecified atom stereocenters. The standard InChI is InChI=1S/C12H9FN4O4/c13-7-3-4-9(8(6-7)17(19)20)21-10-2-1-5-15-11(10)12(14)16-18/h1-6,18H,(H2,14,16). The maximum atomic E-state index is 13.1. The molecule has 1 aromatic carbocycles. The number of ether oxygens (including phenoxy) is 1. The molecule has 0 aliphatic heterocycles. The van der Waals surface area contributed by atoms with E-state index in [-0.39, 0.29) is 23.0 Å². The van der Waals surface area contributed by atoms with E-state index in [2.05, 4.69) is 10.1 Å². The van der Waals surface area contributed by atoms with Gasteiger partial charge in [-0.1, -0.05) is 5.16 Å². The average molecular weight is 292 g/mol. The van der Waals surface area contributed by atoms with Crippen molar-refractivity contribution in [1.82, 2.24) is 4.98 Å². The Morgan fingerprint density at radius 1 is 1.43 bits per heavy atom. The number of aromatic nitrogens is 1. The summed E-state index contributed by atoms with van der Waals surface area (Å²) in [4.78, 5) is 14.0. The van der Waals surface area contributed by atoms with Crippen molar-refractivity contribution in [1.29, 1.82) is 0 Å². The van der Waals surface area contributed by atoms with E-state index < -0.39 is 16.4 Å². The van der Waals surface area contributed by atoms with Crippen LogP contribution in [0, 0.1) is 15.9 Å². The molecule has 21 heavy (non-hydrogen) atoms. The van der Waals surface area contributed by atoms with Gasteiger partial charge in [-0.2, -0.15) is 0 Å². The first-order chi connectivity index (χ1) is 10.0. The summed E-state index contributed by atoms with van der Waals surface area (Å²) in [5.74, 6) is -1.25. The molecule has 0 fully saturated rings. The number of nitro groups is 1. The van der Waals surface area contributed by atoms with Gasteiger partial charge in [-0.3, -0.25) is 10.1 Å². The molecule has 0 aliphatic rings. The Balaban J connectivity index is 2.46. The van der Waals surface area contributed by atoms with Crippen LogP contribution >= 0.6 is 0 Å². The molecule has 9 heteroatoms. The van der Waals surface area contributed by atoms with E-state index in [4.69, 9.17) is 15.7 Å². The molecule has 0 radical (unpaired) electrons. The minimum atomic E-state index is -0.780. The number of hydrogen-bond acceptors (Lipinski definition) is 6. The normalized spacial score (nSPS) is 11.2. The number of hydrogen-bond donors (Lipinski definition) is 2. The van der Waals surface area contributed by atoms with E-state index in [0.717, 1.165) is 18.2 Å². The largest absolute Gasteiger partial charge is 0.448 e. The molecule has 0 aliphatic carbocycles. The lowest BCUT2D eigenvalue weighted by molar-refractivity contribution is -0.385. The van der Waals surface area contributed by atoms with Crippen molar-refractivity contribution in [2.24, 2.45) is 10.9 Å². The number of rotatable bonds is 4. The van der Waals surface area contributed by atoms with Gasteiger partial charge in [0.25, 0.3) is 0 Å². The molecule has 0 amide bonds. The van der Waals surface area contributed by atoms with Crippen LogP contribution in [0.3, 0.4) is 0 Å². The van der Waals surface area contributed by atoms with E-state index in [1.807, 2.05) is 0 Å². The van der Waals surface area contributed by atoms with E-state index in [9.17, 15) is 14.5 Å². The van der Waals surface area contributed by atoms with Crippen molar-refractivity contribution in [2.75, 3.05) is 0 Å². The molecule has 8 nitrogen and oxygen atoms in total. The minimum absolute atomic E-state index is 0.00128. The molecule has 0 saturated carbocycles. The third kappa shape index (κ3) is 3.03. The number of oxime groups is 1. The van der Waals surface area contributed by atoms with Gasteiger partial charge < -0.3 is 15.7 Å². The summed E-state index contributed by atoms with van der Waals surface area (Å²) >= 11 is 0. The van der Waals surface area contributed by atoms with Crippen LogP contribution in [-0.2, 0) is 0 Å². The Bertz CT molecular complexity index is 720. The van der Waals surface area contributed by atoms with Gasteiger partial charge in [-0.25, -0.2) is 9.37 Å². The fourth-order valence-electron chi connectivity index (χ4n) is 1.55. The summed E-state index contributed by atoms with van der Waals surface area (Å²) in [5.41, 5.74) is 4.88. The van der Waals surface area contributed by atoms with Gasteiger partial charge in [0.15, 0.2) is 17.3 Å². The summed E-state index contributed by atoms with van der Waals surface area (Å²) in [6, 6.07) is 5.78. The molecular weight excluding hydrogens is 283 g/mol. The average Bonchev–Trinajstić information content (AvgIpc) is 2.48. The first kappa shape index (κ1) is 14.2. The predicted octanol–water partition coefficient (Wildman–Crippen LogP) is 2.02. The maximum Gasteiger partial charge on any atom is 0.314 e. The first-order valence-electron chi connectivity index (χ1n) is 5.57. The SMILES string of the molecule is N/C(=N/O)c1ncccc1Oc1ccc(F)cc1[N+](=O)[O-].